The van der Waals surface area contributed by atoms with Crippen molar-refractivity contribution in [3.05, 3.63) is 102 Å². The first kappa shape index (κ1) is 21.6. The molecule has 1 N–H and O–H groups in total. The van der Waals surface area contributed by atoms with E-state index in [0.29, 0.717) is 31.0 Å². The van der Waals surface area contributed by atoms with Gasteiger partial charge in [-0.3, -0.25) is 9.69 Å². The zero-order chi connectivity index (χ0) is 22.8. The Bertz CT molecular complexity index is 1100. The third-order valence-electron chi connectivity index (χ3n) is 7.60. The largest absolute Gasteiger partial charge is 0.496 e. The number of para-hydroxylation sites is 1. The molecule has 1 heterocycles. The van der Waals surface area contributed by atoms with Crippen molar-refractivity contribution in [2.75, 3.05) is 26.7 Å². The van der Waals surface area contributed by atoms with E-state index in [2.05, 4.69) is 65.6 Å². The summed E-state index contributed by atoms with van der Waals surface area (Å²) in [6.07, 6.45) is 1.43. The molecule has 3 aromatic rings. The fourth-order valence-corrected chi connectivity index (χ4v) is 6.09. The van der Waals surface area contributed by atoms with Crippen molar-refractivity contribution >= 4 is 11.5 Å². The predicted octanol–water partition coefficient (Wildman–Crippen LogP) is 4.96. The van der Waals surface area contributed by atoms with Gasteiger partial charge in [-0.05, 0) is 35.6 Å². The number of likely N-dealkylation sites (tertiary alicyclic amines) is 1. The number of rotatable bonds is 6. The van der Waals surface area contributed by atoms with Gasteiger partial charge in [0.15, 0.2) is 0 Å². The summed E-state index contributed by atoms with van der Waals surface area (Å²) in [7, 11) is 1.64. The fraction of sp³-hybridized carbons (Fsp3) is 0.310. The SMILES string of the molecule is COc1ccccc1C(=N)CN1CC2C(=O)CCC(c3ccccc3)(c3ccccc3)C2C1. The van der Waals surface area contributed by atoms with Crippen LogP contribution in [0.5, 0.6) is 5.75 Å². The van der Waals surface area contributed by atoms with Crippen LogP contribution in [-0.2, 0) is 10.2 Å². The van der Waals surface area contributed by atoms with E-state index in [1.807, 2.05) is 24.3 Å². The summed E-state index contributed by atoms with van der Waals surface area (Å²) in [5.74, 6) is 1.27. The molecule has 33 heavy (non-hydrogen) atoms. The molecule has 1 aliphatic carbocycles. The minimum Gasteiger partial charge on any atom is -0.496 e. The molecule has 0 bridgehead atoms. The molecule has 5 rings (SSSR count). The van der Waals surface area contributed by atoms with E-state index >= 15 is 0 Å². The fourth-order valence-electron chi connectivity index (χ4n) is 6.09. The second-order valence-electron chi connectivity index (χ2n) is 9.26. The van der Waals surface area contributed by atoms with Gasteiger partial charge >= 0.3 is 0 Å². The highest BCUT2D eigenvalue weighted by molar-refractivity contribution is 6.02. The number of hydrogen-bond donors (Lipinski definition) is 1. The normalized spacial score (nSPS) is 22.0. The molecule has 3 aromatic carbocycles. The monoisotopic (exact) mass is 438 g/mol. The molecule has 1 saturated carbocycles. The second kappa shape index (κ2) is 8.95. The Morgan fingerprint density at radius 1 is 0.939 bits per heavy atom. The molecule has 0 aromatic heterocycles. The van der Waals surface area contributed by atoms with Crippen molar-refractivity contribution in [2.24, 2.45) is 11.8 Å². The number of carbonyl (C=O) groups excluding carboxylic acids is 1. The van der Waals surface area contributed by atoms with Crippen LogP contribution in [0.2, 0.25) is 0 Å². The Hall–Kier alpha value is -3.24. The molecular formula is C29H30N2O2. The van der Waals surface area contributed by atoms with Gasteiger partial charge in [-0.2, -0.15) is 0 Å². The number of benzene rings is 3. The number of ketones is 1. The molecule has 4 heteroatoms. The van der Waals surface area contributed by atoms with E-state index in [1.165, 1.54) is 11.1 Å². The lowest BCUT2D eigenvalue weighted by Gasteiger charge is -2.46. The second-order valence-corrected chi connectivity index (χ2v) is 9.26. The van der Waals surface area contributed by atoms with Crippen molar-refractivity contribution in [1.29, 1.82) is 5.41 Å². The number of Topliss-reactive ketones (excluding diaryl/α,β-unsaturated/α-hetero) is 1. The third-order valence-corrected chi connectivity index (χ3v) is 7.60. The number of carbonyl (C=O) groups is 1. The Kier molecular flexibility index (Phi) is 5.86. The van der Waals surface area contributed by atoms with Gasteiger partial charge in [-0.15, -0.1) is 0 Å². The number of nitrogens with one attached hydrogen (secondary N) is 1. The Balaban J connectivity index is 1.49. The van der Waals surface area contributed by atoms with E-state index in [9.17, 15) is 4.79 Å². The van der Waals surface area contributed by atoms with Crippen LogP contribution in [0.25, 0.3) is 0 Å². The molecule has 2 aliphatic rings. The molecule has 0 radical (unpaired) electrons. The number of fused-ring (bicyclic) bond motifs is 1. The zero-order valence-electron chi connectivity index (χ0n) is 19.0. The van der Waals surface area contributed by atoms with Crippen LogP contribution in [0.15, 0.2) is 84.9 Å². The van der Waals surface area contributed by atoms with Crippen LogP contribution < -0.4 is 4.74 Å². The van der Waals surface area contributed by atoms with Crippen molar-refractivity contribution < 1.29 is 9.53 Å². The molecule has 4 nitrogen and oxygen atoms in total. The van der Waals surface area contributed by atoms with E-state index in [-0.39, 0.29) is 17.3 Å². The van der Waals surface area contributed by atoms with Crippen LogP contribution in [0, 0.1) is 17.2 Å². The summed E-state index contributed by atoms with van der Waals surface area (Å²) >= 11 is 0. The highest BCUT2D eigenvalue weighted by atomic mass is 16.5. The average molecular weight is 439 g/mol. The number of nitrogens with zero attached hydrogens (tertiary/aromatic N) is 1. The van der Waals surface area contributed by atoms with Gasteiger partial charge in [0.1, 0.15) is 11.5 Å². The van der Waals surface area contributed by atoms with Gasteiger partial charge in [0.25, 0.3) is 0 Å². The minimum absolute atomic E-state index is 0.00960. The van der Waals surface area contributed by atoms with Crippen molar-refractivity contribution in [1.82, 2.24) is 4.90 Å². The molecule has 0 amide bonds. The van der Waals surface area contributed by atoms with Crippen molar-refractivity contribution in [3.8, 4) is 5.75 Å². The molecule has 168 valence electrons. The molecule has 1 saturated heterocycles. The molecule has 1 aliphatic heterocycles. The summed E-state index contributed by atoms with van der Waals surface area (Å²) in [4.78, 5) is 15.4. The highest BCUT2D eigenvalue weighted by Crippen LogP contribution is 2.52. The molecule has 2 fully saturated rings. The van der Waals surface area contributed by atoms with Crippen molar-refractivity contribution in [2.45, 2.75) is 18.3 Å². The van der Waals surface area contributed by atoms with Crippen LogP contribution in [0.1, 0.15) is 29.5 Å². The van der Waals surface area contributed by atoms with Crippen LogP contribution >= 0.6 is 0 Å². The average Bonchev–Trinajstić information content (AvgIpc) is 3.30. The lowest BCUT2D eigenvalue weighted by Crippen LogP contribution is -2.47. The lowest BCUT2D eigenvalue weighted by atomic mass is 9.56. The first-order valence-corrected chi connectivity index (χ1v) is 11.7. The van der Waals surface area contributed by atoms with E-state index < -0.39 is 0 Å². The number of methoxy groups -OCH3 is 1. The van der Waals surface area contributed by atoms with E-state index in [4.69, 9.17) is 10.1 Å². The predicted molar refractivity (Wildman–Crippen MR) is 131 cm³/mol. The van der Waals surface area contributed by atoms with Crippen LogP contribution in [-0.4, -0.2) is 43.1 Å². The summed E-state index contributed by atoms with van der Waals surface area (Å²) in [5, 5.41) is 8.77. The maximum absolute atomic E-state index is 13.1. The quantitative estimate of drug-likeness (QED) is 0.554. The molecule has 2 atom stereocenters. The zero-order valence-corrected chi connectivity index (χ0v) is 19.0. The molecule has 2 unspecified atom stereocenters. The Morgan fingerprint density at radius 2 is 1.55 bits per heavy atom. The van der Waals surface area contributed by atoms with Gasteiger partial charge in [0, 0.05) is 43.0 Å². The summed E-state index contributed by atoms with van der Waals surface area (Å²) < 4.78 is 5.48. The van der Waals surface area contributed by atoms with E-state index in [1.54, 1.807) is 7.11 Å². The number of ether oxygens (including phenoxy) is 1. The third kappa shape index (κ3) is 3.79. The van der Waals surface area contributed by atoms with Gasteiger partial charge in [0.2, 0.25) is 0 Å². The standard InChI is InChI=1S/C29H30N2O2/c1-33-28-15-9-8-14-23(28)26(30)20-31-18-24-25(19-31)29(17-16-27(24)32,21-10-4-2-5-11-21)22-12-6-3-7-13-22/h2-15,24-25,30H,16-20H2,1H3. The summed E-state index contributed by atoms with van der Waals surface area (Å²) in [6, 6.07) is 29.1. The smallest absolute Gasteiger partial charge is 0.137 e. The van der Waals surface area contributed by atoms with Crippen LogP contribution in [0.4, 0.5) is 0 Å². The molecule has 0 spiro atoms. The summed E-state index contributed by atoms with van der Waals surface area (Å²) in [5.41, 5.74) is 3.74. The lowest BCUT2D eigenvalue weighted by molar-refractivity contribution is -0.126. The van der Waals surface area contributed by atoms with Gasteiger partial charge < -0.3 is 10.1 Å². The van der Waals surface area contributed by atoms with E-state index in [0.717, 1.165) is 24.3 Å². The maximum atomic E-state index is 13.1. The van der Waals surface area contributed by atoms with Gasteiger partial charge in [0.05, 0.1) is 12.8 Å². The Labute approximate surface area is 195 Å². The first-order chi connectivity index (χ1) is 16.1. The topological polar surface area (TPSA) is 53.4 Å². The summed E-state index contributed by atoms with van der Waals surface area (Å²) in [6.45, 7) is 2.03. The van der Waals surface area contributed by atoms with Gasteiger partial charge in [-0.1, -0.05) is 72.8 Å². The highest BCUT2D eigenvalue weighted by Gasteiger charge is 2.54. The van der Waals surface area contributed by atoms with Crippen molar-refractivity contribution in [3.63, 3.8) is 0 Å². The Morgan fingerprint density at radius 3 is 2.18 bits per heavy atom. The molecular weight excluding hydrogens is 408 g/mol. The number of hydrogen-bond acceptors (Lipinski definition) is 4. The first-order valence-electron chi connectivity index (χ1n) is 11.7. The van der Waals surface area contributed by atoms with Crippen LogP contribution in [0.3, 0.4) is 0 Å². The minimum atomic E-state index is -0.192. The maximum Gasteiger partial charge on any atom is 0.137 e. The van der Waals surface area contributed by atoms with Gasteiger partial charge in [-0.25, -0.2) is 0 Å².